The number of fused-ring (bicyclic) bond motifs is 1. The summed E-state index contributed by atoms with van der Waals surface area (Å²) in [6.07, 6.45) is 4.44. The third-order valence-electron chi connectivity index (χ3n) is 6.97. The van der Waals surface area contributed by atoms with Crippen LogP contribution in [0, 0.1) is 0 Å². The molecule has 4 bridgehead atoms. The number of thiophene rings is 1. The molecular formula is C21H22N4OS. The molecule has 4 saturated heterocycles. The van der Waals surface area contributed by atoms with E-state index in [1.165, 1.54) is 5.56 Å². The maximum Gasteiger partial charge on any atom is 0.275 e. The summed E-state index contributed by atoms with van der Waals surface area (Å²) in [5.74, 6) is 0.111. The second-order valence-electron chi connectivity index (χ2n) is 8.28. The molecule has 7 rings (SSSR count). The van der Waals surface area contributed by atoms with Gasteiger partial charge in [0.15, 0.2) is 5.69 Å². The molecule has 138 valence electrons. The van der Waals surface area contributed by atoms with Crippen LogP contribution in [-0.2, 0) is 0 Å². The molecule has 1 N–H and O–H groups in total. The Labute approximate surface area is 162 Å². The van der Waals surface area contributed by atoms with E-state index < -0.39 is 0 Å². The standard InChI is InChI=1S/C21H22N4OS/c1-24-14-7-16-9-15(24)10-17(8-14)25(16)21(26)20-18-6-12(13-4-5-27-11-13)2-3-19(18)22-23-20/h2-6,11,14-17H,7-10H2,1H3,(H,22,23). The van der Waals surface area contributed by atoms with Crippen molar-refractivity contribution in [2.45, 2.75) is 49.9 Å². The summed E-state index contributed by atoms with van der Waals surface area (Å²) in [4.78, 5) is 18.2. The van der Waals surface area contributed by atoms with E-state index in [2.05, 4.69) is 56.0 Å². The summed E-state index contributed by atoms with van der Waals surface area (Å²) in [7, 11) is 2.26. The lowest BCUT2D eigenvalue weighted by molar-refractivity contribution is -0.0792. The highest BCUT2D eigenvalue weighted by atomic mass is 32.1. The first-order valence-corrected chi connectivity index (χ1v) is 10.7. The van der Waals surface area contributed by atoms with Gasteiger partial charge in [-0.1, -0.05) is 6.07 Å². The number of aromatic nitrogens is 2. The first-order valence-electron chi connectivity index (χ1n) is 9.74. The van der Waals surface area contributed by atoms with Crippen molar-refractivity contribution in [3.8, 4) is 11.1 Å². The van der Waals surface area contributed by atoms with Gasteiger partial charge in [-0.2, -0.15) is 16.4 Å². The van der Waals surface area contributed by atoms with Gasteiger partial charge < -0.3 is 9.80 Å². The molecule has 1 aromatic carbocycles. The number of rotatable bonds is 2. The van der Waals surface area contributed by atoms with Crippen LogP contribution in [0.25, 0.3) is 22.0 Å². The number of piperidine rings is 4. The molecule has 0 spiro atoms. The molecule has 5 nitrogen and oxygen atoms in total. The highest BCUT2D eigenvalue weighted by molar-refractivity contribution is 7.08. The Morgan fingerprint density at radius 1 is 1.07 bits per heavy atom. The van der Waals surface area contributed by atoms with Gasteiger partial charge in [0.25, 0.3) is 5.91 Å². The summed E-state index contributed by atoms with van der Waals surface area (Å²) in [6, 6.07) is 10.4. The second-order valence-corrected chi connectivity index (χ2v) is 9.06. The number of nitrogens with zero attached hydrogens (tertiary/aromatic N) is 3. The maximum atomic E-state index is 13.5. The van der Waals surface area contributed by atoms with Gasteiger partial charge in [0.05, 0.1) is 5.52 Å². The summed E-state index contributed by atoms with van der Waals surface area (Å²) in [5, 5.41) is 12.7. The van der Waals surface area contributed by atoms with E-state index in [1.807, 2.05) is 6.07 Å². The summed E-state index contributed by atoms with van der Waals surface area (Å²) < 4.78 is 0. The smallest absolute Gasteiger partial charge is 0.275 e. The van der Waals surface area contributed by atoms with E-state index >= 15 is 0 Å². The molecule has 27 heavy (non-hydrogen) atoms. The van der Waals surface area contributed by atoms with Crippen molar-refractivity contribution in [3.63, 3.8) is 0 Å². The average Bonchev–Trinajstić information content (AvgIpc) is 3.33. The van der Waals surface area contributed by atoms with Crippen LogP contribution in [0.5, 0.6) is 0 Å². The van der Waals surface area contributed by atoms with Crippen LogP contribution < -0.4 is 0 Å². The monoisotopic (exact) mass is 378 g/mol. The predicted octanol–water partition coefficient (Wildman–Crippen LogP) is 3.74. The van der Waals surface area contributed by atoms with Crippen molar-refractivity contribution in [2.24, 2.45) is 0 Å². The minimum atomic E-state index is 0.111. The average molecular weight is 379 g/mol. The van der Waals surface area contributed by atoms with Gasteiger partial charge in [0, 0.05) is 29.6 Å². The predicted molar refractivity (Wildman–Crippen MR) is 107 cm³/mol. The lowest BCUT2D eigenvalue weighted by Gasteiger charge is -2.60. The van der Waals surface area contributed by atoms with Crippen molar-refractivity contribution < 1.29 is 4.79 Å². The number of hydrogen-bond acceptors (Lipinski definition) is 4. The molecule has 0 unspecified atom stereocenters. The van der Waals surface area contributed by atoms with E-state index in [0.29, 0.717) is 29.9 Å². The fraction of sp³-hybridized carbons (Fsp3) is 0.429. The quantitative estimate of drug-likeness (QED) is 0.739. The minimum Gasteiger partial charge on any atom is -0.331 e. The first-order chi connectivity index (χ1) is 13.2. The second kappa shape index (κ2) is 5.66. The highest BCUT2D eigenvalue weighted by Crippen LogP contribution is 2.44. The summed E-state index contributed by atoms with van der Waals surface area (Å²) >= 11 is 1.69. The largest absolute Gasteiger partial charge is 0.331 e. The molecule has 4 aliphatic heterocycles. The van der Waals surface area contributed by atoms with Crippen molar-refractivity contribution in [3.05, 3.63) is 40.7 Å². The van der Waals surface area contributed by atoms with Crippen LogP contribution in [0.2, 0.25) is 0 Å². The fourth-order valence-electron chi connectivity index (χ4n) is 5.60. The van der Waals surface area contributed by atoms with Crippen molar-refractivity contribution >= 4 is 28.1 Å². The van der Waals surface area contributed by atoms with Gasteiger partial charge in [-0.3, -0.25) is 9.89 Å². The highest BCUT2D eigenvalue weighted by Gasteiger charge is 2.51. The molecule has 0 atom stereocenters. The van der Waals surface area contributed by atoms with E-state index in [0.717, 1.165) is 42.1 Å². The molecule has 3 aromatic rings. The van der Waals surface area contributed by atoms with E-state index in [4.69, 9.17) is 0 Å². The SMILES string of the molecule is CN1C2CC3CC1CC(C2)N3C(=O)c1n[nH]c2ccc(-c3ccsc3)cc12. The van der Waals surface area contributed by atoms with Gasteiger partial charge in [0.2, 0.25) is 0 Å². The van der Waals surface area contributed by atoms with Gasteiger partial charge in [-0.25, -0.2) is 0 Å². The van der Waals surface area contributed by atoms with E-state index in [1.54, 1.807) is 11.3 Å². The Kier molecular flexibility index (Phi) is 3.32. The van der Waals surface area contributed by atoms with Crippen LogP contribution in [-0.4, -0.2) is 57.1 Å². The number of carbonyl (C=O) groups excluding carboxylic acids is 1. The Balaban J connectivity index is 1.38. The Bertz CT molecular complexity index is 994. The molecule has 4 fully saturated rings. The van der Waals surface area contributed by atoms with Crippen LogP contribution in [0.15, 0.2) is 35.0 Å². The van der Waals surface area contributed by atoms with Gasteiger partial charge in [-0.15, -0.1) is 0 Å². The molecule has 0 saturated carbocycles. The number of amides is 1. The lowest BCUT2D eigenvalue weighted by Crippen LogP contribution is -2.68. The number of nitrogens with one attached hydrogen (secondary N) is 1. The number of aromatic amines is 1. The van der Waals surface area contributed by atoms with E-state index in [9.17, 15) is 4.79 Å². The molecule has 4 aliphatic rings. The molecule has 0 aliphatic carbocycles. The zero-order valence-electron chi connectivity index (χ0n) is 15.3. The Hall–Kier alpha value is -2.18. The van der Waals surface area contributed by atoms with Crippen LogP contribution in [0.3, 0.4) is 0 Å². The third kappa shape index (κ3) is 2.26. The Morgan fingerprint density at radius 3 is 2.48 bits per heavy atom. The third-order valence-corrected chi connectivity index (χ3v) is 7.65. The van der Waals surface area contributed by atoms with Gasteiger partial charge in [0.1, 0.15) is 0 Å². The Morgan fingerprint density at radius 2 is 1.81 bits per heavy atom. The van der Waals surface area contributed by atoms with Crippen LogP contribution in [0.4, 0.5) is 0 Å². The number of benzene rings is 1. The molecule has 2 aromatic heterocycles. The van der Waals surface area contributed by atoms with Crippen molar-refractivity contribution in [1.82, 2.24) is 20.0 Å². The topological polar surface area (TPSA) is 52.2 Å². The normalized spacial score (nSPS) is 29.7. The number of carbonyl (C=O) groups is 1. The fourth-order valence-corrected chi connectivity index (χ4v) is 6.26. The van der Waals surface area contributed by atoms with Crippen LogP contribution in [0.1, 0.15) is 36.2 Å². The van der Waals surface area contributed by atoms with Gasteiger partial charge in [-0.05, 0) is 72.8 Å². The lowest BCUT2D eigenvalue weighted by atomic mass is 9.73. The maximum absolute atomic E-state index is 13.5. The molecule has 6 heteroatoms. The van der Waals surface area contributed by atoms with Crippen LogP contribution >= 0.6 is 11.3 Å². The van der Waals surface area contributed by atoms with Crippen molar-refractivity contribution in [2.75, 3.05) is 7.05 Å². The molecule has 0 radical (unpaired) electrons. The molecule has 6 heterocycles. The molecule has 1 amide bonds. The summed E-state index contributed by atoms with van der Waals surface area (Å²) in [6.45, 7) is 0. The van der Waals surface area contributed by atoms with Crippen molar-refractivity contribution in [1.29, 1.82) is 0 Å². The number of H-pyrrole nitrogens is 1. The zero-order valence-corrected chi connectivity index (χ0v) is 16.1. The zero-order chi connectivity index (χ0) is 18.1. The minimum absolute atomic E-state index is 0.111. The molecular weight excluding hydrogens is 356 g/mol. The van der Waals surface area contributed by atoms with E-state index in [-0.39, 0.29) is 5.91 Å². The first kappa shape index (κ1) is 15.8. The van der Waals surface area contributed by atoms with Gasteiger partial charge >= 0.3 is 0 Å². The summed E-state index contributed by atoms with van der Waals surface area (Å²) in [5.41, 5.74) is 3.85. The number of hydrogen-bond donors (Lipinski definition) is 1.